The second-order valence-electron chi connectivity index (χ2n) is 23.1. The van der Waals surface area contributed by atoms with Gasteiger partial charge in [0, 0.05) is 12.8 Å². The number of rotatable bonds is 63. The van der Waals surface area contributed by atoms with Gasteiger partial charge in [0.25, 0.3) is 0 Å². The van der Waals surface area contributed by atoms with Crippen LogP contribution < -0.4 is 0 Å². The molecule has 0 saturated heterocycles. The molecule has 0 aliphatic rings. The lowest BCUT2D eigenvalue weighted by Gasteiger charge is -2.18. The van der Waals surface area contributed by atoms with Crippen molar-refractivity contribution in [3.8, 4) is 0 Å². The predicted molar refractivity (Wildman–Crippen MR) is 357 cm³/mol. The van der Waals surface area contributed by atoms with Crippen LogP contribution in [0.25, 0.3) is 0 Å². The van der Waals surface area contributed by atoms with Crippen LogP contribution in [0.4, 0.5) is 0 Å². The summed E-state index contributed by atoms with van der Waals surface area (Å²) in [7, 11) is 0. The summed E-state index contributed by atoms with van der Waals surface area (Å²) in [6, 6.07) is 0. The second kappa shape index (κ2) is 69.6. The molecular weight excluding hydrogens is 1010 g/mol. The maximum Gasteiger partial charge on any atom is 0.309 e. The highest BCUT2D eigenvalue weighted by atomic mass is 16.6. The summed E-state index contributed by atoms with van der Waals surface area (Å²) in [4.78, 5) is 38.3. The van der Waals surface area contributed by atoms with Gasteiger partial charge in [-0.05, 0) is 109 Å². The third kappa shape index (κ3) is 66.9. The Bertz CT molecular complexity index is 1640. The van der Waals surface area contributed by atoms with Gasteiger partial charge < -0.3 is 14.2 Å². The van der Waals surface area contributed by atoms with Crippen LogP contribution in [0.5, 0.6) is 0 Å². The van der Waals surface area contributed by atoms with Crippen molar-refractivity contribution in [1.82, 2.24) is 0 Å². The van der Waals surface area contributed by atoms with Crippen molar-refractivity contribution in [2.24, 2.45) is 0 Å². The molecule has 0 aromatic carbocycles. The molecule has 470 valence electrons. The van der Waals surface area contributed by atoms with Crippen LogP contribution in [-0.2, 0) is 28.6 Å². The van der Waals surface area contributed by atoms with E-state index in [1.165, 1.54) is 205 Å². The zero-order valence-electron chi connectivity index (χ0n) is 54.0. The number of ether oxygens (including phenoxy) is 3. The molecule has 82 heavy (non-hydrogen) atoms. The minimum atomic E-state index is -0.824. The zero-order chi connectivity index (χ0) is 59.2. The van der Waals surface area contributed by atoms with Gasteiger partial charge in [0.15, 0.2) is 6.10 Å². The number of hydrogen-bond acceptors (Lipinski definition) is 6. The number of hydrogen-bond donors (Lipinski definition) is 0. The van der Waals surface area contributed by atoms with E-state index in [1.807, 2.05) is 6.08 Å². The number of carbonyl (C=O) groups excluding carboxylic acids is 3. The van der Waals surface area contributed by atoms with Crippen molar-refractivity contribution in [3.05, 3.63) is 109 Å². The van der Waals surface area contributed by atoms with Crippen LogP contribution in [-0.4, -0.2) is 37.2 Å². The van der Waals surface area contributed by atoms with Gasteiger partial charge >= 0.3 is 17.9 Å². The predicted octanol–water partition coefficient (Wildman–Crippen LogP) is 24.2. The monoisotopic (exact) mass is 1140 g/mol. The Morgan fingerprint density at radius 2 is 0.524 bits per heavy atom. The van der Waals surface area contributed by atoms with Crippen LogP contribution in [0.2, 0.25) is 0 Å². The largest absolute Gasteiger partial charge is 0.462 e. The molecule has 0 aliphatic heterocycles. The van der Waals surface area contributed by atoms with Gasteiger partial charge in [0.05, 0.1) is 6.42 Å². The first kappa shape index (κ1) is 78.1. The Morgan fingerprint density at radius 1 is 0.268 bits per heavy atom. The molecule has 0 spiro atoms. The highest BCUT2D eigenvalue weighted by Crippen LogP contribution is 2.17. The number of allylic oxidation sites excluding steroid dienone is 17. The summed E-state index contributed by atoms with van der Waals surface area (Å²) in [5.41, 5.74) is 0. The lowest BCUT2D eigenvalue weighted by Crippen LogP contribution is -2.30. The highest BCUT2D eigenvalue weighted by Gasteiger charge is 2.19. The van der Waals surface area contributed by atoms with E-state index in [2.05, 4.69) is 118 Å². The fourth-order valence-electron chi connectivity index (χ4n) is 9.81. The van der Waals surface area contributed by atoms with Gasteiger partial charge in [-0.2, -0.15) is 0 Å². The van der Waals surface area contributed by atoms with Crippen LogP contribution in [0.1, 0.15) is 335 Å². The fraction of sp³-hybridized carbons (Fsp3) is 0.724. The summed E-state index contributed by atoms with van der Waals surface area (Å²) >= 11 is 0. The van der Waals surface area contributed by atoms with Gasteiger partial charge in [-0.15, -0.1) is 0 Å². The Hall–Kier alpha value is -3.93. The molecule has 0 rings (SSSR count). The third-order valence-electron chi connectivity index (χ3n) is 15.0. The smallest absolute Gasteiger partial charge is 0.309 e. The van der Waals surface area contributed by atoms with E-state index in [0.29, 0.717) is 12.8 Å². The molecule has 0 saturated carbocycles. The zero-order valence-corrected chi connectivity index (χ0v) is 54.0. The standard InChI is InChI=1S/C76H130O6/c1-4-7-10-13-16-19-22-25-28-30-32-33-34-35-36-37-38-39-40-41-42-43-44-46-48-51-54-57-60-63-66-69-75(78)81-72-73(71-80-74(77)68-65-62-59-56-53-50-47-27-24-21-18-15-12-9-6-3)82-76(79)70-67-64-61-58-55-52-49-45-31-29-26-23-20-17-14-11-8-5-2/h9,12,18,20-23,25,27,29-32,47,53,56,62,65,73H,4-8,10-11,13-17,19,24,26,28,33-46,48-52,54-55,57-61,63-64,66-72H2,1-3H3/b12-9-,21-18-,23-20-,25-22-,31-29-,32-30-,47-27-,56-53-,65-62-. The van der Waals surface area contributed by atoms with E-state index in [9.17, 15) is 14.4 Å². The maximum absolute atomic E-state index is 12.9. The van der Waals surface area contributed by atoms with E-state index in [1.54, 1.807) is 6.08 Å². The molecule has 0 amide bonds. The minimum Gasteiger partial charge on any atom is -0.462 e. The second-order valence-corrected chi connectivity index (χ2v) is 23.1. The van der Waals surface area contributed by atoms with Crippen LogP contribution >= 0.6 is 0 Å². The average molecular weight is 1140 g/mol. The summed E-state index contributed by atoms with van der Waals surface area (Å²) in [5.74, 6) is -1.04. The molecule has 6 nitrogen and oxygen atoms in total. The number of esters is 3. The van der Waals surface area contributed by atoms with Crippen LogP contribution in [0.3, 0.4) is 0 Å². The normalized spacial score (nSPS) is 12.8. The molecule has 0 aliphatic carbocycles. The topological polar surface area (TPSA) is 78.9 Å². The molecule has 0 N–H and O–H groups in total. The molecule has 0 radical (unpaired) electrons. The SMILES string of the molecule is CC/C=C\C/C=C\C/C=C\C/C=C\C/C=C\CC(=O)OCC(COC(=O)CCCCCCCCCCCCCCCCCCCCC/C=C\C/C=C\CCCCCCC)OC(=O)CCCCCCCCC/C=C\C/C=C\CCCCCC. The number of carbonyl (C=O) groups is 3. The molecule has 0 heterocycles. The molecule has 0 aromatic rings. The van der Waals surface area contributed by atoms with Crippen molar-refractivity contribution in [3.63, 3.8) is 0 Å². The first-order chi connectivity index (χ1) is 40.5. The molecular formula is C76H130O6. The van der Waals surface area contributed by atoms with Crippen molar-refractivity contribution >= 4 is 17.9 Å². The summed E-state index contributed by atoms with van der Waals surface area (Å²) < 4.78 is 16.8. The van der Waals surface area contributed by atoms with E-state index >= 15 is 0 Å². The van der Waals surface area contributed by atoms with Crippen LogP contribution in [0, 0.1) is 0 Å². The first-order valence-electron chi connectivity index (χ1n) is 34.9. The lowest BCUT2D eigenvalue weighted by atomic mass is 10.0. The number of unbranched alkanes of at least 4 members (excludes halogenated alkanes) is 35. The van der Waals surface area contributed by atoms with Crippen molar-refractivity contribution in [2.75, 3.05) is 13.2 Å². The maximum atomic E-state index is 12.9. The Balaban J connectivity index is 4.29. The van der Waals surface area contributed by atoms with Gasteiger partial charge in [0.2, 0.25) is 0 Å². The third-order valence-corrected chi connectivity index (χ3v) is 15.0. The van der Waals surface area contributed by atoms with Crippen molar-refractivity contribution in [2.45, 2.75) is 341 Å². The molecule has 0 fully saturated rings. The van der Waals surface area contributed by atoms with Crippen molar-refractivity contribution in [1.29, 1.82) is 0 Å². The summed E-state index contributed by atoms with van der Waals surface area (Å²) in [6.07, 6.45) is 95.8. The molecule has 0 bridgehead atoms. The Morgan fingerprint density at radius 3 is 0.866 bits per heavy atom. The van der Waals surface area contributed by atoms with Gasteiger partial charge in [-0.25, -0.2) is 0 Å². The Kier molecular flexibility index (Phi) is 66.2. The summed E-state index contributed by atoms with van der Waals surface area (Å²) in [6.45, 7) is 6.44. The molecule has 1 unspecified atom stereocenters. The first-order valence-corrected chi connectivity index (χ1v) is 34.9. The van der Waals surface area contributed by atoms with Crippen molar-refractivity contribution < 1.29 is 28.6 Å². The van der Waals surface area contributed by atoms with E-state index in [-0.39, 0.29) is 31.6 Å². The average Bonchev–Trinajstić information content (AvgIpc) is 3.47. The quantitative estimate of drug-likeness (QED) is 0.0261. The van der Waals surface area contributed by atoms with E-state index < -0.39 is 12.1 Å². The van der Waals surface area contributed by atoms with Gasteiger partial charge in [0.1, 0.15) is 13.2 Å². The minimum absolute atomic E-state index is 0.110. The van der Waals surface area contributed by atoms with Gasteiger partial charge in [-0.3, -0.25) is 14.4 Å². The summed E-state index contributed by atoms with van der Waals surface area (Å²) in [5, 5.41) is 0. The molecule has 0 aromatic heterocycles. The highest BCUT2D eigenvalue weighted by molar-refractivity contribution is 5.72. The molecule has 1 atom stereocenters. The van der Waals surface area contributed by atoms with Crippen LogP contribution in [0.15, 0.2) is 109 Å². The van der Waals surface area contributed by atoms with E-state index in [0.717, 1.165) is 89.9 Å². The molecule has 6 heteroatoms. The fourth-order valence-corrected chi connectivity index (χ4v) is 9.81. The lowest BCUT2D eigenvalue weighted by molar-refractivity contribution is -0.166. The Labute approximate surface area is 508 Å². The van der Waals surface area contributed by atoms with E-state index in [4.69, 9.17) is 14.2 Å². The van der Waals surface area contributed by atoms with Gasteiger partial charge in [-0.1, -0.05) is 316 Å².